The molecule has 1 atom stereocenters. The van der Waals surface area contributed by atoms with Gasteiger partial charge in [0.05, 0.1) is 6.42 Å². The Hall–Kier alpha value is -4.66. The number of nitrogens with one attached hydrogen (secondary N) is 1. The minimum atomic E-state index is -1.25. The smallest absolute Gasteiger partial charge is 0.407 e. The molecule has 2 amide bonds. The Morgan fingerprint density at radius 2 is 1.45 bits per heavy atom. The lowest BCUT2D eigenvalue weighted by Crippen LogP contribution is -2.52. The van der Waals surface area contributed by atoms with Crippen molar-refractivity contribution in [3.63, 3.8) is 0 Å². The van der Waals surface area contributed by atoms with Crippen molar-refractivity contribution in [2.45, 2.75) is 57.7 Å². The van der Waals surface area contributed by atoms with Crippen LogP contribution in [0.25, 0.3) is 11.1 Å². The summed E-state index contributed by atoms with van der Waals surface area (Å²) < 4.78 is 11.0. The number of nitrogens with zero attached hydrogens (tertiary/aromatic N) is 1. The molecule has 0 fully saturated rings. The number of hydrogen-bond donors (Lipinski definition) is 2. The second kappa shape index (κ2) is 14.3. The molecule has 220 valence electrons. The first-order valence-electron chi connectivity index (χ1n) is 14.1. The van der Waals surface area contributed by atoms with Crippen molar-refractivity contribution in [3.05, 3.63) is 95.6 Å². The van der Waals surface area contributed by atoms with Crippen LogP contribution in [-0.2, 0) is 30.5 Å². The van der Waals surface area contributed by atoms with Gasteiger partial charge in [-0.3, -0.25) is 14.4 Å². The zero-order valence-corrected chi connectivity index (χ0v) is 23.8. The maximum atomic E-state index is 13.6. The van der Waals surface area contributed by atoms with E-state index in [2.05, 4.69) is 5.32 Å². The Morgan fingerprint density at radius 1 is 0.857 bits per heavy atom. The third-order valence-electron chi connectivity index (χ3n) is 7.24. The van der Waals surface area contributed by atoms with E-state index in [0.717, 1.165) is 27.8 Å². The molecule has 9 nitrogen and oxygen atoms in total. The van der Waals surface area contributed by atoms with Gasteiger partial charge in [0.15, 0.2) is 0 Å². The van der Waals surface area contributed by atoms with Gasteiger partial charge < -0.3 is 24.8 Å². The molecule has 0 heterocycles. The van der Waals surface area contributed by atoms with Crippen LogP contribution < -0.4 is 5.32 Å². The number of carbonyl (C=O) groups is 4. The summed E-state index contributed by atoms with van der Waals surface area (Å²) in [6.45, 7) is 3.81. The summed E-state index contributed by atoms with van der Waals surface area (Å²) in [6.07, 6.45) is -1.12. The van der Waals surface area contributed by atoms with Gasteiger partial charge in [0.25, 0.3) is 0 Å². The van der Waals surface area contributed by atoms with E-state index in [4.69, 9.17) is 14.6 Å². The minimum Gasteiger partial charge on any atom is -0.481 e. The Kier molecular flexibility index (Phi) is 10.3. The van der Waals surface area contributed by atoms with Crippen molar-refractivity contribution in [2.24, 2.45) is 0 Å². The number of carboxylic acid groups (broad SMARTS) is 1. The topological polar surface area (TPSA) is 122 Å². The highest BCUT2D eigenvalue weighted by Crippen LogP contribution is 2.44. The molecule has 0 aromatic heterocycles. The van der Waals surface area contributed by atoms with Crippen LogP contribution in [0.15, 0.2) is 78.9 Å². The molecule has 0 unspecified atom stereocenters. The molecule has 0 saturated carbocycles. The molecule has 1 aliphatic rings. The Balaban J connectivity index is 1.45. The van der Waals surface area contributed by atoms with Crippen LogP contribution >= 0.6 is 0 Å². The standard InChI is InChI=1S/C33H36N2O7/c1-22(2)35(18-10-17-30(36)37)32(39)29(19-31(38)41-20-23-11-4-3-5-12-23)34-33(40)42-21-28-26-15-8-6-13-24(26)25-14-7-9-16-27(25)28/h3-9,11-16,22,28-29H,10,17-21H2,1-2H3,(H,34,40)(H,36,37)/t29-/m0/s1. The first-order chi connectivity index (χ1) is 20.2. The average Bonchev–Trinajstić information content (AvgIpc) is 3.30. The van der Waals surface area contributed by atoms with E-state index >= 15 is 0 Å². The van der Waals surface area contributed by atoms with Crippen molar-refractivity contribution in [1.29, 1.82) is 0 Å². The zero-order chi connectivity index (χ0) is 30.1. The summed E-state index contributed by atoms with van der Waals surface area (Å²) in [5, 5.41) is 11.6. The van der Waals surface area contributed by atoms with Gasteiger partial charge in [-0.25, -0.2) is 4.79 Å². The first kappa shape index (κ1) is 30.3. The predicted molar refractivity (Wildman–Crippen MR) is 157 cm³/mol. The molecule has 4 rings (SSSR count). The largest absolute Gasteiger partial charge is 0.481 e. The van der Waals surface area contributed by atoms with Crippen molar-refractivity contribution >= 4 is 23.9 Å². The average molecular weight is 573 g/mol. The van der Waals surface area contributed by atoms with Crippen LogP contribution in [-0.4, -0.2) is 59.2 Å². The quantitative estimate of drug-likeness (QED) is 0.272. The molecule has 0 radical (unpaired) electrons. The summed E-state index contributed by atoms with van der Waals surface area (Å²) >= 11 is 0. The van der Waals surface area contributed by atoms with Crippen LogP contribution in [0, 0.1) is 0 Å². The SMILES string of the molecule is CC(C)N(CCCC(=O)O)C(=O)[C@H](CC(=O)OCc1ccccc1)NC(=O)OCC1c2ccccc2-c2ccccc21. The molecule has 2 N–H and O–H groups in total. The van der Waals surface area contributed by atoms with E-state index in [1.54, 1.807) is 13.8 Å². The summed E-state index contributed by atoms with van der Waals surface area (Å²) in [7, 11) is 0. The van der Waals surface area contributed by atoms with Crippen LogP contribution in [0.2, 0.25) is 0 Å². The molecule has 3 aromatic rings. The number of esters is 1. The zero-order valence-electron chi connectivity index (χ0n) is 23.8. The number of carbonyl (C=O) groups excluding carboxylic acids is 3. The number of amides is 2. The maximum absolute atomic E-state index is 13.6. The number of aliphatic carboxylic acids is 1. The van der Waals surface area contributed by atoms with Gasteiger partial charge in [-0.1, -0.05) is 78.9 Å². The maximum Gasteiger partial charge on any atom is 0.407 e. The Labute approximate surface area is 245 Å². The van der Waals surface area contributed by atoms with E-state index in [0.29, 0.717) is 0 Å². The van der Waals surface area contributed by atoms with E-state index in [9.17, 15) is 19.2 Å². The fourth-order valence-electron chi connectivity index (χ4n) is 5.17. The lowest BCUT2D eigenvalue weighted by atomic mass is 9.98. The van der Waals surface area contributed by atoms with Crippen LogP contribution in [0.5, 0.6) is 0 Å². The van der Waals surface area contributed by atoms with Gasteiger partial charge in [-0.05, 0) is 48.1 Å². The molecule has 0 spiro atoms. The highest BCUT2D eigenvalue weighted by molar-refractivity contribution is 5.90. The van der Waals surface area contributed by atoms with Gasteiger partial charge in [0, 0.05) is 24.9 Å². The molecule has 0 saturated heterocycles. The third kappa shape index (κ3) is 7.75. The van der Waals surface area contributed by atoms with E-state index in [1.807, 2.05) is 78.9 Å². The number of ether oxygens (including phenoxy) is 2. The first-order valence-corrected chi connectivity index (χ1v) is 14.1. The van der Waals surface area contributed by atoms with Gasteiger partial charge in [-0.15, -0.1) is 0 Å². The van der Waals surface area contributed by atoms with Gasteiger partial charge in [0.2, 0.25) is 5.91 Å². The summed E-state index contributed by atoms with van der Waals surface area (Å²) in [4.78, 5) is 51.9. The van der Waals surface area contributed by atoms with Gasteiger partial charge in [-0.2, -0.15) is 0 Å². The molecular formula is C33H36N2O7. The normalized spacial score (nSPS) is 12.6. The van der Waals surface area contributed by atoms with E-state index in [1.165, 1.54) is 4.90 Å². The van der Waals surface area contributed by atoms with E-state index < -0.39 is 36.4 Å². The lowest BCUT2D eigenvalue weighted by molar-refractivity contribution is -0.149. The van der Waals surface area contributed by atoms with Crippen molar-refractivity contribution in [3.8, 4) is 11.1 Å². The lowest BCUT2D eigenvalue weighted by Gasteiger charge is -2.30. The minimum absolute atomic E-state index is 0.0258. The second-order valence-corrected chi connectivity index (χ2v) is 10.5. The number of carboxylic acids is 1. The van der Waals surface area contributed by atoms with Gasteiger partial charge >= 0.3 is 18.0 Å². The Bertz CT molecular complexity index is 1360. The van der Waals surface area contributed by atoms with Crippen molar-refractivity contribution < 1.29 is 33.8 Å². The number of rotatable bonds is 13. The van der Waals surface area contributed by atoms with Gasteiger partial charge in [0.1, 0.15) is 19.3 Å². The van der Waals surface area contributed by atoms with Crippen LogP contribution in [0.1, 0.15) is 55.7 Å². The monoisotopic (exact) mass is 572 g/mol. The number of benzene rings is 3. The number of fused-ring (bicyclic) bond motifs is 3. The summed E-state index contributed by atoms with van der Waals surface area (Å²) in [5.74, 6) is -2.31. The Morgan fingerprint density at radius 3 is 2.05 bits per heavy atom. The molecule has 1 aliphatic carbocycles. The second-order valence-electron chi connectivity index (χ2n) is 10.5. The summed E-state index contributed by atoms with van der Waals surface area (Å²) in [6, 6.07) is 23.5. The fraction of sp³-hybridized carbons (Fsp3) is 0.333. The molecule has 0 aliphatic heterocycles. The highest BCUT2D eigenvalue weighted by Gasteiger charge is 2.32. The van der Waals surface area contributed by atoms with E-state index in [-0.39, 0.29) is 44.6 Å². The van der Waals surface area contributed by atoms with Crippen molar-refractivity contribution in [1.82, 2.24) is 10.2 Å². The fourth-order valence-corrected chi connectivity index (χ4v) is 5.17. The predicted octanol–water partition coefficient (Wildman–Crippen LogP) is 5.13. The summed E-state index contributed by atoms with van der Waals surface area (Å²) in [5.41, 5.74) is 5.06. The molecule has 0 bridgehead atoms. The van der Waals surface area contributed by atoms with Crippen molar-refractivity contribution in [2.75, 3.05) is 13.2 Å². The number of hydrogen-bond acceptors (Lipinski definition) is 6. The number of alkyl carbamates (subject to hydrolysis) is 1. The van der Waals surface area contributed by atoms with Crippen LogP contribution in [0.4, 0.5) is 4.79 Å². The third-order valence-corrected chi connectivity index (χ3v) is 7.24. The molecule has 3 aromatic carbocycles. The van der Waals surface area contributed by atoms with Crippen LogP contribution in [0.3, 0.4) is 0 Å². The molecular weight excluding hydrogens is 536 g/mol. The molecule has 9 heteroatoms. The highest BCUT2D eigenvalue weighted by atomic mass is 16.5. The molecule has 42 heavy (non-hydrogen) atoms.